The molecule has 0 aromatic carbocycles. The molecule has 3 N–H and O–H groups in total. The van der Waals surface area contributed by atoms with Gasteiger partial charge in [-0.05, 0) is 20.8 Å². The average Bonchev–Trinajstić information content (AvgIpc) is 2.12. The third-order valence-corrected chi connectivity index (χ3v) is 2.07. The predicted molar refractivity (Wildman–Crippen MR) is 80.9 cm³/mol. The molecule has 0 saturated carbocycles. The van der Waals surface area contributed by atoms with Crippen LogP contribution in [-0.2, 0) is 9.59 Å². The van der Waals surface area contributed by atoms with Crippen molar-refractivity contribution in [1.82, 2.24) is 5.32 Å². The normalized spacial score (nSPS) is 13.3. The first kappa shape index (κ1) is 20.4. The van der Waals surface area contributed by atoms with E-state index in [-0.39, 0.29) is 17.7 Å². The van der Waals surface area contributed by atoms with Gasteiger partial charge < -0.3 is 11.1 Å². The molecule has 4 heteroatoms. The molecule has 0 radical (unpaired) electrons. The fourth-order valence-electron chi connectivity index (χ4n) is 1.46. The van der Waals surface area contributed by atoms with Gasteiger partial charge in [0.25, 0.3) is 0 Å². The molecule has 1 unspecified atom stereocenters. The summed E-state index contributed by atoms with van der Waals surface area (Å²) in [6, 6.07) is -0.502. The smallest absolute Gasteiger partial charge is 0.219 e. The molecular formula is C15H32N2O2. The molecule has 0 aliphatic rings. The van der Waals surface area contributed by atoms with Crippen LogP contribution in [0.1, 0.15) is 68.2 Å². The summed E-state index contributed by atoms with van der Waals surface area (Å²) in [4.78, 5) is 23.1. The second kappa shape index (κ2) is 8.31. The maximum atomic E-state index is 12.1. The summed E-state index contributed by atoms with van der Waals surface area (Å²) in [6.45, 7) is 15.6. The molecule has 0 aliphatic heterocycles. The number of rotatable bonds is 4. The second-order valence-corrected chi connectivity index (χ2v) is 6.94. The minimum Gasteiger partial charge on any atom is -0.370 e. The van der Waals surface area contributed by atoms with Crippen molar-refractivity contribution in [3.8, 4) is 0 Å². The van der Waals surface area contributed by atoms with Gasteiger partial charge in [-0.3, -0.25) is 9.59 Å². The Hall–Kier alpha value is -0.900. The Kier molecular flexibility index (Phi) is 8.93. The highest BCUT2D eigenvalue weighted by molar-refractivity contribution is 5.92. The Morgan fingerprint density at radius 1 is 1.05 bits per heavy atom. The van der Waals surface area contributed by atoms with Gasteiger partial charge in [0, 0.05) is 17.4 Å². The molecule has 0 bridgehead atoms. The van der Waals surface area contributed by atoms with Gasteiger partial charge in [0.2, 0.25) is 5.91 Å². The van der Waals surface area contributed by atoms with Crippen LogP contribution < -0.4 is 11.1 Å². The largest absolute Gasteiger partial charge is 0.370 e. The number of ketones is 1. The van der Waals surface area contributed by atoms with E-state index in [1.807, 2.05) is 41.5 Å². The molecule has 1 amide bonds. The van der Waals surface area contributed by atoms with Crippen molar-refractivity contribution in [3.63, 3.8) is 0 Å². The molecule has 0 aliphatic carbocycles. The fourth-order valence-corrected chi connectivity index (χ4v) is 1.46. The first-order chi connectivity index (χ1) is 8.35. The lowest BCUT2D eigenvalue weighted by atomic mass is 9.84. The fraction of sp³-hybridized carbons (Fsp3) is 0.867. The third kappa shape index (κ3) is 11.9. The molecule has 4 nitrogen and oxygen atoms in total. The average molecular weight is 272 g/mol. The number of amides is 1. The van der Waals surface area contributed by atoms with Crippen LogP contribution in [0, 0.1) is 5.41 Å². The zero-order chi connectivity index (χ0) is 15.9. The molecule has 0 spiro atoms. The quantitative estimate of drug-likeness (QED) is 0.826. The van der Waals surface area contributed by atoms with Crippen LogP contribution in [0.5, 0.6) is 0 Å². The van der Waals surface area contributed by atoms with Gasteiger partial charge in [0.1, 0.15) is 0 Å². The second-order valence-electron chi connectivity index (χ2n) is 6.94. The standard InChI is InChI=1S/C12H24N2O2.C3H8/c1-11(2,3)10(16)8(7-9(13)15)14-12(4,5)6;1-3-2/h8,14H,7H2,1-6H3,(H2,13,15);3H2,1-2H3. The van der Waals surface area contributed by atoms with E-state index in [1.165, 1.54) is 6.42 Å². The van der Waals surface area contributed by atoms with Crippen molar-refractivity contribution < 1.29 is 9.59 Å². The van der Waals surface area contributed by atoms with E-state index in [1.54, 1.807) is 0 Å². The molecular weight excluding hydrogens is 240 g/mol. The van der Waals surface area contributed by atoms with Gasteiger partial charge in [-0.25, -0.2) is 0 Å². The molecule has 0 rings (SSSR count). The Labute approximate surface area is 118 Å². The van der Waals surface area contributed by atoms with Gasteiger partial charge in [0.15, 0.2) is 5.78 Å². The van der Waals surface area contributed by atoms with E-state index < -0.39 is 17.4 Å². The molecule has 0 fully saturated rings. The Morgan fingerprint density at radius 3 is 1.63 bits per heavy atom. The van der Waals surface area contributed by atoms with Gasteiger partial charge in [0.05, 0.1) is 6.04 Å². The molecule has 19 heavy (non-hydrogen) atoms. The van der Waals surface area contributed by atoms with Gasteiger partial charge >= 0.3 is 0 Å². The highest BCUT2D eigenvalue weighted by Gasteiger charge is 2.32. The van der Waals surface area contributed by atoms with Crippen LogP contribution in [0.3, 0.4) is 0 Å². The Morgan fingerprint density at radius 2 is 1.42 bits per heavy atom. The van der Waals surface area contributed by atoms with Gasteiger partial charge in [-0.15, -0.1) is 0 Å². The van der Waals surface area contributed by atoms with Crippen LogP contribution in [0.4, 0.5) is 0 Å². The number of Topliss-reactive ketones (excluding diaryl/α,β-unsaturated/α-hetero) is 1. The lowest BCUT2D eigenvalue weighted by molar-refractivity contribution is -0.131. The summed E-state index contributed by atoms with van der Waals surface area (Å²) < 4.78 is 0. The van der Waals surface area contributed by atoms with Crippen LogP contribution in [-0.4, -0.2) is 23.3 Å². The maximum absolute atomic E-state index is 12.1. The summed E-state index contributed by atoms with van der Waals surface area (Å²) in [5.74, 6) is -0.444. The summed E-state index contributed by atoms with van der Waals surface area (Å²) in [7, 11) is 0. The minimum atomic E-state index is -0.502. The number of nitrogens with one attached hydrogen (secondary N) is 1. The number of hydrogen-bond donors (Lipinski definition) is 2. The maximum Gasteiger partial charge on any atom is 0.219 e. The minimum absolute atomic E-state index is 0.0150. The van der Waals surface area contributed by atoms with E-state index in [0.717, 1.165) is 0 Å². The Balaban J connectivity index is 0. The third-order valence-electron chi connectivity index (χ3n) is 2.07. The van der Waals surface area contributed by atoms with Crippen molar-refractivity contribution in [1.29, 1.82) is 0 Å². The molecule has 114 valence electrons. The van der Waals surface area contributed by atoms with Crippen molar-refractivity contribution in [2.75, 3.05) is 0 Å². The zero-order valence-electron chi connectivity index (χ0n) is 13.9. The summed E-state index contributed by atoms with van der Waals surface area (Å²) >= 11 is 0. The lowest BCUT2D eigenvalue weighted by Crippen LogP contribution is -2.52. The van der Waals surface area contributed by atoms with Crippen LogP contribution in [0.2, 0.25) is 0 Å². The summed E-state index contributed by atoms with van der Waals surface area (Å²) in [5, 5.41) is 3.14. The number of hydrogen-bond acceptors (Lipinski definition) is 3. The zero-order valence-corrected chi connectivity index (χ0v) is 13.9. The topological polar surface area (TPSA) is 72.2 Å². The van der Waals surface area contributed by atoms with E-state index >= 15 is 0 Å². The molecule has 0 aromatic heterocycles. The van der Waals surface area contributed by atoms with Crippen LogP contribution >= 0.6 is 0 Å². The Bertz CT molecular complexity index is 286. The van der Waals surface area contributed by atoms with Crippen molar-refractivity contribution in [3.05, 3.63) is 0 Å². The van der Waals surface area contributed by atoms with E-state index in [0.29, 0.717) is 0 Å². The molecule has 1 atom stereocenters. The first-order valence-electron chi connectivity index (χ1n) is 6.95. The monoisotopic (exact) mass is 272 g/mol. The number of carbonyl (C=O) groups excluding carboxylic acids is 2. The van der Waals surface area contributed by atoms with Crippen molar-refractivity contribution in [2.24, 2.45) is 11.1 Å². The summed E-state index contributed by atoms with van der Waals surface area (Å²) in [6.07, 6.45) is 1.30. The van der Waals surface area contributed by atoms with E-state index in [4.69, 9.17) is 5.73 Å². The van der Waals surface area contributed by atoms with Crippen LogP contribution in [0.15, 0.2) is 0 Å². The van der Waals surface area contributed by atoms with Gasteiger partial charge in [-0.1, -0.05) is 41.0 Å². The number of carbonyl (C=O) groups is 2. The van der Waals surface area contributed by atoms with Gasteiger partial charge in [-0.2, -0.15) is 0 Å². The predicted octanol–water partition coefficient (Wildman–Crippen LogP) is 2.65. The SMILES string of the molecule is CC(C)(C)NC(CC(N)=O)C(=O)C(C)(C)C.CCC. The van der Waals surface area contributed by atoms with Crippen molar-refractivity contribution in [2.45, 2.75) is 79.8 Å². The van der Waals surface area contributed by atoms with E-state index in [2.05, 4.69) is 19.2 Å². The summed E-state index contributed by atoms with van der Waals surface area (Å²) in [5.41, 5.74) is 4.47. The van der Waals surface area contributed by atoms with E-state index in [9.17, 15) is 9.59 Å². The highest BCUT2D eigenvalue weighted by atomic mass is 16.1. The van der Waals surface area contributed by atoms with Crippen molar-refractivity contribution >= 4 is 11.7 Å². The lowest BCUT2D eigenvalue weighted by Gasteiger charge is -2.31. The van der Waals surface area contributed by atoms with Crippen LogP contribution in [0.25, 0.3) is 0 Å². The molecule has 0 saturated heterocycles. The molecule has 0 heterocycles. The molecule has 0 aromatic rings. The highest BCUT2D eigenvalue weighted by Crippen LogP contribution is 2.19. The first-order valence-corrected chi connectivity index (χ1v) is 6.95. The number of primary amides is 1. The number of nitrogens with two attached hydrogens (primary N) is 1.